The number of rotatable bonds is 7. The largest absolute Gasteiger partial charge is 0.374 e. The van der Waals surface area contributed by atoms with Gasteiger partial charge in [-0.05, 0) is 37.8 Å². The summed E-state index contributed by atoms with van der Waals surface area (Å²) in [5.41, 5.74) is 2.52. The SMILES string of the molecule is CCC(C(=O)Nc1c(C)cccc1C(=O)OO)[N+]1(Cc2ccccc2)CCCCC1. The number of para-hydroxylation sites is 1. The molecule has 0 aromatic heterocycles. The van der Waals surface area contributed by atoms with Crippen LogP contribution in [-0.4, -0.2) is 40.7 Å². The maximum atomic E-state index is 13.5. The van der Waals surface area contributed by atoms with Crippen LogP contribution in [0, 0.1) is 6.92 Å². The van der Waals surface area contributed by atoms with Gasteiger partial charge in [0.25, 0.3) is 5.91 Å². The van der Waals surface area contributed by atoms with E-state index in [1.165, 1.54) is 18.1 Å². The molecule has 1 fully saturated rings. The minimum atomic E-state index is -0.881. The molecule has 0 bridgehead atoms. The Hall–Kier alpha value is -2.70. The number of carbonyl (C=O) groups is 2. The standard InChI is InChI=1S/C24H30N2O4/c1-3-21(23(27)25-22-18(2)11-10-14-20(22)24(28)30-29)26(15-8-5-9-16-26)17-19-12-6-4-7-13-19/h4,6-7,10-14,21H,3,5,8-9,15-17H2,1-2H3,(H-,25,27,29)/p+1. The summed E-state index contributed by atoms with van der Waals surface area (Å²) in [5.74, 6) is -0.982. The summed E-state index contributed by atoms with van der Waals surface area (Å²) in [6.45, 7) is 6.59. The van der Waals surface area contributed by atoms with Crippen molar-refractivity contribution >= 4 is 17.6 Å². The summed E-state index contributed by atoms with van der Waals surface area (Å²) in [5, 5.41) is 11.8. The Morgan fingerprint density at radius 2 is 1.77 bits per heavy atom. The molecule has 30 heavy (non-hydrogen) atoms. The van der Waals surface area contributed by atoms with Crippen LogP contribution in [0.25, 0.3) is 0 Å². The molecule has 0 spiro atoms. The average Bonchev–Trinajstić information content (AvgIpc) is 2.76. The van der Waals surface area contributed by atoms with Gasteiger partial charge in [0.15, 0.2) is 6.04 Å². The zero-order valence-electron chi connectivity index (χ0n) is 17.8. The molecule has 6 nitrogen and oxygen atoms in total. The number of likely N-dealkylation sites (tertiary alicyclic amines) is 1. The van der Waals surface area contributed by atoms with Crippen molar-refractivity contribution in [1.29, 1.82) is 0 Å². The Morgan fingerprint density at radius 3 is 2.40 bits per heavy atom. The third kappa shape index (κ3) is 4.71. The lowest BCUT2D eigenvalue weighted by Crippen LogP contribution is -2.61. The molecule has 6 heteroatoms. The van der Waals surface area contributed by atoms with Gasteiger partial charge in [-0.1, -0.05) is 49.4 Å². The molecular formula is C24H31N2O4+. The van der Waals surface area contributed by atoms with E-state index in [0.717, 1.165) is 42.5 Å². The molecule has 1 heterocycles. The zero-order chi connectivity index (χ0) is 21.6. The minimum absolute atomic E-state index is 0.100. The lowest BCUT2D eigenvalue weighted by atomic mass is 9.98. The smallest absolute Gasteiger partial charge is 0.320 e. The molecule has 0 radical (unpaired) electrons. The molecule has 1 aliphatic heterocycles. The van der Waals surface area contributed by atoms with E-state index >= 15 is 0 Å². The summed E-state index contributed by atoms with van der Waals surface area (Å²) < 4.78 is 0.720. The first-order chi connectivity index (χ1) is 14.5. The van der Waals surface area contributed by atoms with E-state index in [1.807, 2.05) is 38.1 Å². The number of carbonyl (C=O) groups excluding carboxylic acids is 2. The van der Waals surface area contributed by atoms with Gasteiger partial charge in [0.1, 0.15) is 6.54 Å². The van der Waals surface area contributed by atoms with Crippen LogP contribution in [0.3, 0.4) is 0 Å². The summed E-state index contributed by atoms with van der Waals surface area (Å²) in [4.78, 5) is 29.4. The number of hydrogen-bond acceptors (Lipinski definition) is 4. The van der Waals surface area contributed by atoms with Gasteiger partial charge in [0, 0.05) is 12.0 Å². The topological polar surface area (TPSA) is 75.6 Å². The monoisotopic (exact) mass is 411 g/mol. The lowest BCUT2D eigenvalue weighted by Gasteiger charge is -2.46. The molecule has 160 valence electrons. The number of nitrogens with zero attached hydrogens (tertiary/aromatic N) is 1. The Morgan fingerprint density at radius 1 is 1.07 bits per heavy atom. The van der Waals surface area contributed by atoms with Crippen LogP contribution in [0.4, 0.5) is 5.69 Å². The Bertz CT molecular complexity index is 876. The number of amides is 1. The second-order valence-corrected chi connectivity index (χ2v) is 8.16. The summed E-state index contributed by atoms with van der Waals surface area (Å²) in [6, 6.07) is 15.1. The van der Waals surface area contributed by atoms with Crippen LogP contribution in [0.15, 0.2) is 48.5 Å². The predicted octanol–water partition coefficient (Wildman–Crippen LogP) is 4.54. The Kier molecular flexibility index (Phi) is 7.24. The lowest BCUT2D eigenvalue weighted by molar-refractivity contribution is -0.959. The van der Waals surface area contributed by atoms with Crippen molar-refractivity contribution in [2.75, 3.05) is 18.4 Å². The van der Waals surface area contributed by atoms with Crippen LogP contribution in [0.1, 0.15) is 54.1 Å². The molecule has 3 rings (SSSR count). The van der Waals surface area contributed by atoms with Crippen LogP contribution in [-0.2, 0) is 16.2 Å². The number of nitrogens with one attached hydrogen (secondary N) is 1. The highest BCUT2D eigenvalue weighted by atomic mass is 17.1. The number of quaternary nitrogens is 1. The van der Waals surface area contributed by atoms with Gasteiger partial charge in [-0.3, -0.25) is 9.68 Å². The van der Waals surface area contributed by atoms with Gasteiger partial charge in [-0.2, -0.15) is 5.26 Å². The molecule has 0 saturated carbocycles. The Balaban J connectivity index is 1.91. The van der Waals surface area contributed by atoms with Gasteiger partial charge in [-0.25, -0.2) is 4.79 Å². The molecule has 1 aliphatic rings. The van der Waals surface area contributed by atoms with Crippen molar-refractivity contribution in [2.24, 2.45) is 0 Å². The number of hydrogen-bond donors (Lipinski definition) is 2. The Labute approximate surface area is 178 Å². The van der Waals surface area contributed by atoms with E-state index in [1.54, 1.807) is 6.07 Å². The second-order valence-electron chi connectivity index (χ2n) is 8.16. The van der Waals surface area contributed by atoms with Gasteiger partial charge >= 0.3 is 5.97 Å². The molecule has 0 aliphatic carbocycles. The number of aryl methyl sites for hydroxylation is 1. The number of benzene rings is 2. The molecule has 1 atom stereocenters. The van der Waals surface area contributed by atoms with Crippen molar-refractivity contribution in [1.82, 2.24) is 0 Å². The van der Waals surface area contributed by atoms with Crippen molar-refractivity contribution in [3.05, 3.63) is 65.2 Å². The third-order valence-corrected chi connectivity index (χ3v) is 6.22. The van der Waals surface area contributed by atoms with E-state index < -0.39 is 5.97 Å². The second kappa shape index (κ2) is 9.87. The highest BCUT2D eigenvalue weighted by Crippen LogP contribution is 2.30. The van der Waals surface area contributed by atoms with Gasteiger partial charge in [0.05, 0.1) is 24.3 Å². The predicted molar refractivity (Wildman–Crippen MR) is 116 cm³/mol. The molecule has 2 aromatic rings. The van der Waals surface area contributed by atoms with Gasteiger partial charge < -0.3 is 9.80 Å². The van der Waals surface area contributed by atoms with Crippen molar-refractivity contribution in [2.45, 2.75) is 52.1 Å². The average molecular weight is 412 g/mol. The summed E-state index contributed by atoms with van der Waals surface area (Å²) in [7, 11) is 0. The normalized spacial score (nSPS) is 16.5. The quantitative estimate of drug-likeness (QED) is 0.398. The molecule has 2 aromatic carbocycles. The fourth-order valence-electron chi connectivity index (χ4n) is 4.75. The first-order valence-electron chi connectivity index (χ1n) is 10.7. The molecular weight excluding hydrogens is 380 g/mol. The van der Waals surface area contributed by atoms with Crippen LogP contribution < -0.4 is 5.32 Å². The minimum Gasteiger partial charge on any atom is -0.320 e. The fourth-order valence-corrected chi connectivity index (χ4v) is 4.75. The molecule has 2 N–H and O–H groups in total. The van der Waals surface area contributed by atoms with Crippen LogP contribution >= 0.6 is 0 Å². The third-order valence-electron chi connectivity index (χ3n) is 6.22. The van der Waals surface area contributed by atoms with E-state index in [-0.39, 0.29) is 17.5 Å². The molecule has 1 amide bonds. The number of anilines is 1. The van der Waals surface area contributed by atoms with Gasteiger partial charge in [-0.15, -0.1) is 0 Å². The molecule has 1 saturated heterocycles. The van der Waals surface area contributed by atoms with Crippen LogP contribution in [0.5, 0.6) is 0 Å². The van der Waals surface area contributed by atoms with Crippen molar-refractivity contribution < 1.29 is 24.2 Å². The first kappa shape index (κ1) is 22.0. The highest BCUT2D eigenvalue weighted by Gasteiger charge is 2.42. The van der Waals surface area contributed by atoms with E-state index in [4.69, 9.17) is 5.26 Å². The highest BCUT2D eigenvalue weighted by molar-refractivity contribution is 6.03. The molecule has 1 unspecified atom stereocenters. The maximum absolute atomic E-state index is 13.5. The van der Waals surface area contributed by atoms with Gasteiger partial charge in [0.2, 0.25) is 0 Å². The van der Waals surface area contributed by atoms with Crippen molar-refractivity contribution in [3.63, 3.8) is 0 Å². The summed E-state index contributed by atoms with van der Waals surface area (Å²) in [6.07, 6.45) is 4.09. The van der Waals surface area contributed by atoms with E-state index in [2.05, 4.69) is 22.3 Å². The van der Waals surface area contributed by atoms with E-state index in [9.17, 15) is 9.59 Å². The summed E-state index contributed by atoms with van der Waals surface area (Å²) >= 11 is 0. The first-order valence-corrected chi connectivity index (χ1v) is 10.7. The van der Waals surface area contributed by atoms with Crippen LogP contribution in [0.2, 0.25) is 0 Å². The zero-order valence-corrected chi connectivity index (χ0v) is 17.8. The maximum Gasteiger partial charge on any atom is 0.374 e. The van der Waals surface area contributed by atoms with Crippen molar-refractivity contribution in [3.8, 4) is 0 Å². The fraction of sp³-hybridized carbons (Fsp3) is 0.417. The van der Waals surface area contributed by atoms with E-state index in [0.29, 0.717) is 12.1 Å². The number of piperidine rings is 1.